The highest BCUT2D eigenvalue weighted by molar-refractivity contribution is 6.30. The summed E-state index contributed by atoms with van der Waals surface area (Å²) in [7, 11) is 0. The smallest absolute Gasteiger partial charge is 0.416 e. The number of amides is 1. The first-order valence-corrected chi connectivity index (χ1v) is 9.91. The fourth-order valence-corrected chi connectivity index (χ4v) is 3.15. The van der Waals surface area contributed by atoms with Crippen LogP contribution >= 0.6 is 11.6 Å². The van der Waals surface area contributed by atoms with E-state index >= 15 is 0 Å². The summed E-state index contributed by atoms with van der Waals surface area (Å²) in [6.07, 6.45) is -0.0967. The van der Waals surface area contributed by atoms with Gasteiger partial charge in [-0.05, 0) is 60.9 Å². The quantitative estimate of drug-likeness (QED) is 0.461. The molecule has 1 amide bonds. The second-order valence-electron chi connectivity index (χ2n) is 7.16. The van der Waals surface area contributed by atoms with Gasteiger partial charge in [0.2, 0.25) is 17.7 Å². The van der Waals surface area contributed by atoms with E-state index in [4.69, 9.17) is 16.0 Å². The third kappa shape index (κ3) is 5.32. The first kappa shape index (κ1) is 21.1. The molecule has 0 bridgehead atoms. The molecule has 0 radical (unpaired) electrons. The summed E-state index contributed by atoms with van der Waals surface area (Å²) in [5.74, 6) is 0.262. The molecule has 0 N–H and O–H groups in total. The van der Waals surface area contributed by atoms with Gasteiger partial charge in [-0.2, -0.15) is 13.2 Å². The van der Waals surface area contributed by atoms with Crippen LogP contribution in [0.5, 0.6) is 0 Å². The van der Waals surface area contributed by atoms with Crippen LogP contribution in [-0.2, 0) is 17.5 Å². The fourth-order valence-electron chi connectivity index (χ4n) is 3.03. The van der Waals surface area contributed by atoms with Crippen molar-refractivity contribution in [2.75, 3.05) is 0 Å². The van der Waals surface area contributed by atoms with E-state index in [2.05, 4.69) is 10.2 Å². The van der Waals surface area contributed by atoms with Gasteiger partial charge < -0.3 is 9.32 Å². The Morgan fingerprint density at radius 1 is 1.16 bits per heavy atom. The third-order valence-corrected chi connectivity index (χ3v) is 5.02. The number of alkyl halides is 3. The number of hydrogen-bond acceptors (Lipinski definition) is 4. The lowest BCUT2D eigenvalue weighted by atomic mass is 10.1. The summed E-state index contributed by atoms with van der Waals surface area (Å²) in [6, 6.07) is 11.8. The van der Waals surface area contributed by atoms with Crippen LogP contribution in [0.2, 0.25) is 5.02 Å². The van der Waals surface area contributed by atoms with Gasteiger partial charge in [0.05, 0.1) is 12.1 Å². The highest BCUT2D eigenvalue weighted by Crippen LogP contribution is 2.31. The predicted molar refractivity (Wildman–Crippen MR) is 109 cm³/mol. The minimum atomic E-state index is -4.44. The van der Waals surface area contributed by atoms with Crippen molar-refractivity contribution in [3.8, 4) is 11.5 Å². The van der Waals surface area contributed by atoms with Gasteiger partial charge >= 0.3 is 6.18 Å². The zero-order valence-corrected chi connectivity index (χ0v) is 16.9. The van der Waals surface area contributed by atoms with E-state index in [1.807, 2.05) is 0 Å². The van der Waals surface area contributed by atoms with E-state index in [1.165, 1.54) is 24.3 Å². The molecule has 4 rings (SSSR count). The van der Waals surface area contributed by atoms with Gasteiger partial charge in [0, 0.05) is 22.7 Å². The molecular weight excluding hydrogens is 431 g/mol. The van der Waals surface area contributed by atoms with Crippen LogP contribution in [0.1, 0.15) is 29.9 Å². The van der Waals surface area contributed by atoms with Crippen LogP contribution < -0.4 is 0 Å². The van der Waals surface area contributed by atoms with E-state index in [0.717, 1.165) is 25.0 Å². The summed E-state index contributed by atoms with van der Waals surface area (Å²) in [5, 5.41) is 8.61. The van der Waals surface area contributed by atoms with E-state index in [-0.39, 0.29) is 24.4 Å². The van der Waals surface area contributed by atoms with Crippen LogP contribution in [0.25, 0.3) is 17.5 Å². The standard InChI is InChI=1S/C22H17ClF3N3O2/c23-17-7-5-15(6-8-17)21-28-27-19(31-21)13-29(18-9-10-18)20(30)11-4-14-2-1-3-16(12-14)22(24,25)26/h1-8,11-12,18H,9-10,13H2/b11-4+. The van der Waals surface area contributed by atoms with Crippen molar-refractivity contribution < 1.29 is 22.4 Å². The molecular formula is C22H17ClF3N3O2. The van der Waals surface area contributed by atoms with Gasteiger partial charge in [0.15, 0.2) is 0 Å². The monoisotopic (exact) mass is 447 g/mol. The van der Waals surface area contributed by atoms with Crippen molar-refractivity contribution in [3.05, 3.63) is 76.6 Å². The topological polar surface area (TPSA) is 59.2 Å². The van der Waals surface area contributed by atoms with Crippen LogP contribution in [0.3, 0.4) is 0 Å². The Labute approximate surface area is 181 Å². The maximum Gasteiger partial charge on any atom is 0.416 e. The molecule has 0 spiro atoms. The average Bonchev–Trinajstić information content (AvgIpc) is 3.48. The first-order chi connectivity index (χ1) is 14.8. The largest absolute Gasteiger partial charge is 0.419 e. The van der Waals surface area contributed by atoms with Gasteiger partial charge in [0.1, 0.15) is 0 Å². The lowest BCUT2D eigenvalue weighted by Crippen LogP contribution is -2.31. The maximum absolute atomic E-state index is 12.9. The maximum atomic E-state index is 12.9. The number of halogens is 4. The summed E-state index contributed by atoms with van der Waals surface area (Å²) in [5.41, 5.74) is 0.236. The molecule has 1 saturated carbocycles. The van der Waals surface area contributed by atoms with E-state index in [1.54, 1.807) is 29.2 Å². The van der Waals surface area contributed by atoms with Gasteiger partial charge in [-0.15, -0.1) is 10.2 Å². The van der Waals surface area contributed by atoms with E-state index in [0.29, 0.717) is 22.0 Å². The number of carbonyl (C=O) groups is 1. The van der Waals surface area contributed by atoms with Crippen molar-refractivity contribution >= 4 is 23.6 Å². The Kier molecular flexibility index (Phi) is 5.82. The molecule has 0 unspecified atom stereocenters. The lowest BCUT2D eigenvalue weighted by molar-refractivity contribution is -0.137. The van der Waals surface area contributed by atoms with Crippen LogP contribution in [0, 0.1) is 0 Å². The Morgan fingerprint density at radius 3 is 2.58 bits per heavy atom. The SMILES string of the molecule is O=C(/C=C/c1cccc(C(F)(F)F)c1)N(Cc1nnc(-c2ccc(Cl)cc2)o1)C1CC1. The Bertz CT molecular complexity index is 1110. The molecule has 1 aromatic heterocycles. The zero-order chi connectivity index (χ0) is 22.0. The predicted octanol–water partition coefficient (Wildman–Crippen LogP) is 5.61. The number of hydrogen-bond donors (Lipinski definition) is 0. The van der Waals surface area contributed by atoms with Crippen molar-refractivity contribution in [1.82, 2.24) is 15.1 Å². The lowest BCUT2D eigenvalue weighted by Gasteiger charge is -2.18. The fraction of sp³-hybridized carbons (Fsp3) is 0.227. The van der Waals surface area contributed by atoms with E-state index in [9.17, 15) is 18.0 Å². The van der Waals surface area contributed by atoms with Gasteiger partial charge in [0.25, 0.3) is 0 Å². The number of rotatable bonds is 6. The van der Waals surface area contributed by atoms with Gasteiger partial charge in [-0.3, -0.25) is 4.79 Å². The Balaban J connectivity index is 1.47. The van der Waals surface area contributed by atoms with Gasteiger partial charge in [-0.1, -0.05) is 23.7 Å². The molecule has 2 aromatic carbocycles. The second kappa shape index (κ2) is 8.55. The van der Waals surface area contributed by atoms with E-state index < -0.39 is 11.7 Å². The third-order valence-electron chi connectivity index (χ3n) is 4.77. The number of benzene rings is 2. The molecule has 0 saturated heterocycles. The van der Waals surface area contributed by atoms with Gasteiger partial charge in [-0.25, -0.2) is 0 Å². The molecule has 1 fully saturated rings. The molecule has 9 heteroatoms. The first-order valence-electron chi connectivity index (χ1n) is 9.54. The second-order valence-corrected chi connectivity index (χ2v) is 7.60. The van der Waals surface area contributed by atoms with Crippen LogP contribution in [-0.4, -0.2) is 27.0 Å². The number of aromatic nitrogens is 2. The summed E-state index contributed by atoms with van der Waals surface area (Å²) in [4.78, 5) is 14.3. The zero-order valence-electron chi connectivity index (χ0n) is 16.1. The highest BCUT2D eigenvalue weighted by Gasteiger charge is 2.33. The molecule has 1 aliphatic carbocycles. The van der Waals surface area contributed by atoms with Crippen molar-refractivity contribution in [2.24, 2.45) is 0 Å². The van der Waals surface area contributed by atoms with Crippen LogP contribution in [0.15, 0.2) is 59.0 Å². The average molecular weight is 448 g/mol. The molecule has 1 aliphatic rings. The molecule has 31 heavy (non-hydrogen) atoms. The van der Waals surface area contributed by atoms with Crippen molar-refractivity contribution in [2.45, 2.75) is 31.6 Å². The van der Waals surface area contributed by atoms with Crippen molar-refractivity contribution in [3.63, 3.8) is 0 Å². The minimum absolute atomic E-state index is 0.0459. The molecule has 0 atom stereocenters. The Hall–Kier alpha value is -3.13. The summed E-state index contributed by atoms with van der Waals surface area (Å²) >= 11 is 5.88. The number of nitrogens with zero attached hydrogens (tertiary/aromatic N) is 3. The van der Waals surface area contributed by atoms with Crippen molar-refractivity contribution in [1.29, 1.82) is 0 Å². The Morgan fingerprint density at radius 2 is 1.90 bits per heavy atom. The molecule has 160 valence electrons. The molecule has 1 heterocycles. The highest BCUT2D eigenvalue weighted by atomic mass is 35.5. The van der Waals surface area contributed by atoms with Crippen LogP contribution in [0.4, 0.5) is 13.2 Å². The molecule has 5 nitrogen and oxygen atoms in total. The minimum Gasteiger partial charge on any atom is -0.419 e. The summed E-state index contributed by atoms with van der Waals surface area (Å²) in [6.45, 7) is 0.122. The molecule has 0 aliphatic heterocycles. The number of carbonyl (C=O) groups excluding carboxylic acids is 1. The normalized spacial score (nSPS) is 14.2. The molecule has 3 aromatic rings. The summed E-state index contributed by atoms with van der Waals surface area (Å²) < 4.78 is 44.3.